The fraction of sp³-hybridized carbons (Fsp3) is 0.348. The van der Waals surface area contributed by atoms with Crippen LogP contribution in [0, 0.1) is 6.92 Å². The molecular weight excluding hydrogens is 505 g/mol. The first-order chi connectivity index (χ1) is 16.8. The van der Waals surface area contributed by atoms with Crippen LogP contribution in [0.25, 0.3) is 10.9 Å². The number of fused-ring (bicyclic) bond motifs is 3. The molecule has 0 amide bonds. The molecule has 1 aromatic heterocycles. The number of benzene rings is 2. The first-order valence-electron chi connectivity index (χ1n) is 10.6. The number of alkyl halides is 3. The maximum Gasteiger partial charge on any atom is 0.490 e. The smallest absolute Gasteiger partial charge is 0.490 e. The van der Waals surface area contributed by atoms with Crippen molar-refractivity contribution in [2.24, 2.45) is 0 Å². The Morgan fingerprint density at radius 3 is 2.39 bits per heavy atom. The SMILES string of the molecule is COc1ccc(C)cc1S(=O)(=O)n1ccc2c3c(c(OC)cc21)OCCNC3C.O=C(O)C(F)(F)F. The molecule has 9 nitrogen and oxygen atoms in total. The van der Waals surface area contributed by atoms with Gasteiger partial charge < -0.3 is 24.6 Å². The summed E-state index contributed by atoms with van der Waals surface area (Å²) in [6.07, 6.45) is -3.51. The molecule has 0 bridgehead atoms. The van der Waals surface area contributed by atoms with Crippen LogP contribution < -0.4 is 19.5 Å². The van der Waals surface area contributed by atoms with E-state index in [1.165, 1.54) is 11.1 Å². The maximum absolute atomic E-state index is 13.6. The molecule has 1 aliphatic rings. The highest BCUT2D eigenvalue weighted by Crippen LogP contribution is 2.43. The van der Waals surface area contributed by atoms with Crippen molar-refractivity contribution in [1.82, 2.24) is 9.29 Å². The van der Waals surface area contributed by atoms with Gasteiger partial charge in [-0.2, -0.15) is 13.2 Å². The highest BCUT2D eigenvalue weighted by molar-refractivity contribution is 7.90. The molecule has 0 saturated heterocycles. The third-order valence-electron chi connectivity index (χ3n) is 5.47. The Hall–Kier alpha value is -3.45. The molecular formula is C23H25F3N2O7S. The second kappa shape index (κ2) is 10.3. The summed E-state index contributed by atoms with van der Waals surface area (Å²) in [7, 11) is -0.873. The van der Waals surface area contributed by atoms with Gasteiger partial charge in [-0.1, -0.05) is 6.07 Å². The summed E-state index contributed by atoms with van der Waals surface area (Å²) in [5.74, 6) is -1.29. The van der Waals surface area contributed by atoms with Gasteiger partial charge in [0.2, 0.25) is 0 Å². The van der Waals surface area contributed by atoms with Gasteiger partial charge in [0.25, 0.3) is 10.0 Å². The number of aromatic nitrogens is 1. The van der Waals surface area contributed by atoms with E-state index in [1.54, 1.807) is 37.6 Å². The van der Waals surface area contributed by atoms with Gasteiger partial charge in [0.15, 0.2) is 11.5 Å². The quantitative estimate of drug-likeness (QED) is 0.522. The lowest BCUT2D eigenvalue weighted by molar-refractivity contribution is -0.192. The summed E-state index contributed by atoms with van der Waals surface area (Å²) < 4.78 is 76.9. The van der Waals surface area contributed by atoms with Gasteiger partial charge in [0, 0.05) is 35.8 Å². The molecule has 4 rings (SSSR count). The third-order valence-corrected chi connectivity index (χ3v) is 7.18. The second-order valence-corrected chi connectivity index (χ2v) is 9.64. The molecule has 2 aromatic carbocycles. The second-order valence-electron chi connectivity index (χ2n) is 7.85. The molecule has 2 heterocycles. The molecule has 0 spiro atoms. The number of halogens is 3. The Labute approximate surface area is 205 Å². The van der Waals surface area contributed by atoms with Gasteiger partial charge in [0.05, 0.1) is 19.7 Å². The van der Waals surface area contributed by atoms with E-state index in [1.807, 2.05) is 19.9 Å². The minimum absolute atomic E-state index is 0.0165. The first-order valence-corrected chi connectivity index (χ1v) is 12.0. The normalized spacial score (nSPS) is 15.7. The predicted molar refractivity (Wildman–Crippen MR) is 124 cm³/mol. The monoisotopic (exact) mass is 530 g/mol. The minimum Gasteiger partial charge on any atom is -0.495 e. The van der Waals surface area contributed by atoms with Gasteiger partial charge in [-0.05, 0) is 37.6 Å². The van der Waals surface area contributed by atoms with E-state index in [2.05, 4.69) is 5.32 Å². The van der Waals surface area contributed by atoms with Crippen LogP contribution in [0.5, 0.6) is 17.2 Å². The Morgan fingerprint density at radius 1 is 1.17 bits per heavy atom. The number of aryl methyl sites for hydroxylation is 1. The van der Waals surface area contributed by atoms with Crippen LogP contribution in [0.3, 0.4) is 0 Å². The summed E-state index contributed by atoms with van der Waals surface area (Å²) in [5.41, 5.74) is 2.25. The number of carbonyl (C=O) groups is 1. The van der Waals surface area contributed by atoms with E-state index >= 15 is 0 Å². The number of ether oxygens (including phenoxy) is 3. The summed E-state index contributed by atoms with van der Waals surface area (Å²) >= 11 is 0. The molecule has 0 radical (unpaired) electrons. The molecule has 36 heavy (non-hydrogen) atoms. The van der Waals surface area contributed by atoms with Crippen LogP contribution in [0.2, 0.25) is 0 Å². The topological polar surface area (TPSA) is 116 Å². The molecule has 0 aliphatic carbocycles. The number of rotatable bonds is 4. The number of methoxy groups -OCH3 is 2. The van der Waals surface area contributed by atoms with Crippen molar-refractivity contribution in [1.29, 1.82) is 0 Å². The largest absolute Gasteiger partial charge is 0.495 e. The number of carboxylic acid groups (broad SMARTS) is 1. The lowest BCUT2D eigenvalue weighted by atomic mass is 10.0. The number of carboxylic acids is 1. The van der Waals surface area contributed by atoms with Crippen LogP contribution >= 0.6 is 0 Å². The van der Waals surface area contributed by atoms with E-state index in [-0.39, 0.29) is 10.9 Å². The Kier molecular flexibility index (Phi) is 7.74. The number of hydrogen-bond donors (Lipinski definition) is 2. The summed E-state index contributed by atoms with van der Waals surface area (Å²) in [4.78, 5) is 9.02. The van der Waals surface area contributed by atoms with Crippen LogP contribution in [-0.4, -0.2) is 57.0 Å². The van der Waals surface area contributed by atoms with E-state index in [4.69, 9.17) is 24.1 Å². The number of nitrogens with one attached hydrogen (secondary N) is 1. The molecule has 1 unspecified atom stereocenters. The van der Waals surface area contributed by atoms with Gasteiger partial charge in [0.1, 0.15) is 17.3 Å². The highest BCUT2D eigenvalue weighted by atomic mass is 32.2. The van der Waals surface area contributed by atoms with Crippen molar-refractivity contribution in [3.05, 3.63) is 47.7 Å². The molecule has 1 atom stereocenters. The van der Waals surface area contributed by atoms with Crippen molar-refractivity contribution in [3.63, 3.8) is 0 Å². The van der Waals surface area contributed by atoms with E-state index < -0.39 is 22.2 Å². The van der Waals surface area contributed by atoms with Crippen molar-refractivity contribution in [2.75, 3.05) is 27.4 Å². The van der Waals surface area contributed by atoms with Crippen molar-refractivity contribution < 1.29 is 45.7 Å². The van der Waals surface area contributed by atoms with Crippen LogP contribution in [0.15, 0.2) is 41.4 Å². The zero-order valence-corrected chi connectivity index (χ0v) is 20.7. The third kappa shape index (κ3) is 5.21. The van der Waals surface area contributed by atoms with Crippen molar-refractivity contribution in [3.8, 4) is 17.2 Å². The molecule has 2 N–H and O–H groups in total. The Bertz CT molecular complexity index is 1380. The zero-order valence-electron chi connectivity index (χ0n) is 19.8. The number of aliphatic carboxylic acids is 1. The van der Waals surface area contributed by atoms with Crippen LogP contribution in [0.1, 0.15) is 24.1 Å². The average Bonchev–Trinajstić information content (AvgIpc) is 3.15. The standard InChI is InChI=1S/C21H24N2O5S.C2HF3O2/c1-13-5-6-17(26-3)19(11-13)29(24,25)23-9-7-15-16(23)12-18(27-4)21-20(15)14(2)22-8-10-28-21;3-2(4,5)1(6)7/h5-7,9,11-12,14,22H,8,10H2,1-4H3;(H,6,7). The van der Waals surface area contributed by atoms with E-state index in [9.17, 15) is 21.6 Å². The summed E-state index contributed by atoms with van der Waals surface area (Å²) in [6, 6.07) is 8.61. The lowest BCUT2D eigenvalue weighted by Gasteiger charge is -2.18. The van der Waals surface area contributed by atoms with Crippen molar-refractivity contribution in [2.45, 2.75) is 31.0 Å². The van der Waals surface area contributed by atoms with Crippen LogP contribution in [0.4, 0.5) is 13.2 Å². The van der Waals surface area contributed by atoms with Gasteiger partial charge in [-0.15, -0.1) is 0 Å². The molecule has 13 heteroatoms. The van der Waals surface area contributed by atoms with Gasteiger partial charge >= 0.3 is 12.1 Å². The maximum atomic E-state index is 13.6. The molecule has 1 aliphatic heterocycles. The fourth-order valence-corrected chi connectivity index (χ4v) is 5.39. The molecule has 0 fully saturated rings. The molecule has 3 aromatic rings. The number of hydrogen-bond acceptors (Lipinski definition) is 7. The molecule has 0 saturated carbocycles. The van der Waals surface area contributed by atoms with Crippen LogP contribution in [-0.2, 0) is 14.8 Å². The van der Waals surface area contributed by atoms with Gasteiger partial charge in [-0.25, -0.2) is 17.2 Å². The lowest BCUT2D eigenvalue weighted by Crippen LogP contribution is -2.21. The zero-order chi connectivity index (χ0) is 26.8. The molecule has 196 valence electrons. The number of nitrogens with zero attached hydrogens (tertiary/aromatic N) is 1. The minimum atomic E-state index is -5.08. The average molecular weight is 531 g/mol. The van der Waals surface area contributed by atoms with E-state index in [0.29, 0.717) is 35.9 Å². The van der Waals surface area contributed by atoms with Crippen molar-refractivity contribution >= 4 is 26.9 Å². The summed E-state index contributed by atoms with van der Waals surface area (Å²) in [6.45, 7) is 5.08. The van der Waals surface area contributed by atoms with E-state index in [0.717, 1.165) is 16.5 Å². The highest BCUT2D eigenvalue weighted by Gasteiger charge is 2.38. The first kappa shape index (κ1) is 27.1. The fourth-order valence-electron chi connectivity index (χ4n) is 3.80. The Morgan fingerprint density at radius 2 is 1.81 bits per heavy atom. The predicted octanol–water partition coefficient (Wildman–Crippen LogP) is 3.88. The van der Waals surface area contributed by atoms with Gasteiger partial charge in [-0.3, -0.25) is 0 Å². The Balaban J connectivity index is 0.000000454. The summed E-state index contributed by atoms with van der Waals surface area (Å²) in [5, 5.41) is 11.3.